The summed E-state index contributed by atoms with van der Waals surface area (Å²) in [4.78, 5) is 27.3. The molecule has 0 aliphatic heterocycles. The smallest absolute Gasteiger partial charge is 0.242 e. The van der Waals surface area contributed by atoms with E-state index in [0.29, 0.717) is 12.3 Å². The number of nitrogens with zero attached hydrogens (tertiary/aromatic N) is 1. The number of hydrogen-bond donors (Lipinski definition) is 1. The van der Waals surface area contributed by atoms with Gasteiger partial charge in [0.1, 0.15) is 6.04 Å². The minimum absolute atomic E-state index is 0.0189. The third kappa shape index (κ3) is 7.58. The predicted octanol–water partition coefficient (Wildman–Crippen LogP) is 4.48. The zero-order valence-electron chi connectivity index (χ0n) is 18.1. The molecule has 0 heterocycles. The fourth-order valence-corrected chi connectivity index (χ4v) is 3.88. The van der Waals surface area contributed by atoms with Crippen LogP contribution in [-0.4, -0.2) is 34.6 Å². The van der Waals surface area contributed by atoms with Crippen LogP contribution in [0.2, 0.25) is 0 Å². The van der Waals surface area contributed by atoms with Gasteiger partial charge in [-0.15, -0.1) is 11.8 Å². The molecule has 0 aliphatic carbocycles. The van der Waals surface area contributed by atoms with Crippen LogP contribution in [0.5, 0.6) is 0 Å². The van der Waals surface area contributed by atoms with Crippen LogP contribution in [0.4, 0.5) is 0 Å². The van der Waals surface area contributed by atoms with Gasteiger partial charge in [0.2, 0.25) is 11.8 Å². The number of rotatable bonds is 9. The van der Waals surface area contributed by atoms with Crippen LogP contribution in [0.1, 0.15) is 43.0 Å². The third-order valence-corrected chi connectivity index (χ3v) is 5.64. The predicted molar refractivity (Wildman–Crippen MR) is 122 cm³/mol. The first kappa shape index (κ1) is 23.0. The van der Waals surface area contributed by atoms with E-state index < -0.39 is 6.04 Å². The van der Waals surface area contributed by atoms with Gasteiger partial charge in [0.05, 0.1) is 5.75 Å². The molecule has 1 atom stereocenters. The molecule has 156 valence electrons. The molecule has 0 fully saturated rings. The van der Waals surface area contributed by atoms with E-state index in [4.69, 9.17) is 0 Å². The molecule has 5 heteroatoms. The Hall–Kier alpha value is -2.27. The summed E-state index contributed by atoms with van der Waals surface area (Å²) in [5.41, 5.74) is 4.62. The number of aryl methyl sites for hydroxylation is 2. The second-order valence-corrected chi connectivity index (χ2v) is 8.81. The van der Waals surface area contributed by atoms with Gasteiger partial charge < -0.3 is 10.2 Å². The summed E-state index contributed by atoms with van der Waals surface area (Å²) >= 11 is 1.58. The van der Waals surface area contributed by atoms with E-state index >= 15 is 0 Å². The lowest BCUT2D eigenvalue weighted by Gasteiger charge is -2.29. The monoisotopic (exact) mass is 412 g/mol. The lowest BCUT2D eigenvalue weighted by Crippen LogP contribution is -2.49. The van der Waals surface area contributed by atoms with E-state index in [2.05, 4.69) is 30.4 Å². The van der Waals surface area contributed by atoms with Gasteiger partial charge in [0.25, 0.3) is 0 Å². The molecule has 2 amide bonds. The minimum atomic E-state index is -0.522. The van der Waals surface area contributed by atoms with E-state index in [1.807, 2.05) is 51.1 Å². The van der Waals surface area contributed by atoms with Crippen LogP contribution >= 0.6 is 11.8 Å². The zero-order chi connectivity index (χ0) is 21.4. The summed E-state index contributed by atoms with van der Waals surface area (Å²) in [6, 6.07) is 15.9. The molecule has 29 heavy (non-hydrogen) atoms. The van der Waals surface area contributed by atoms with Crippen LogP contribution in [0, 0.1) is 13.8 Å². The molecule has 2 aromatic rings. The average Bonchev–Trinajstić information content (AvgIpc) is 2.66. The van der Waals surface area contributed by atoms with E-state index in [9.17, 15) is 9.59 Å². The number of thioether (sulfide) groups is 1. The molecule has 2 rings (SSSR count). The van der Waals surface area contributed by atoms with Crippen molar-refractivity contribution >= 4 is 23.6 Å². The maximum Gasteiger partial charge on any atom is 0.242 e. The van der Waals surface area contributed by atoms with Gasteiger partial charge in [0, 0.05) is 18.3 Å². The molecule has 0 radical (unpaired) electrons. The molecule has 4 nitrogen and oxygen atoms in total. The summed E-state index contributed by atoms with van der Waals surface area (Å²) in [7, 11) is 0. The fraction of sp³-hybridized carbons (Fsp3) is 0.417. The quantitative estimate of drug-likeness (QED) is 0.661. The molecule has 2 aromatic carbocycles. The molecule has 0 saturated carbocycles. The first-order valence-corrected chi connectivity index (χ1v) is 11.2. The van der Waals surface area contributed by atoms with Crippen molar-refractivity contribution in [1.29, 1.82) is 0 Å². The van der Waals surface area contributed by atoms with Crippen molar-refractivity contribution in [3.05, 3.63) is 70.8 Å². The van der Waals surface area contributed by atoms with Gasteiger partial charge in [-0.1, -0.05) is 59.7 Å². The van der Waals surface area contributed by atoms with Crippen molar-refractivity contribution in [1.82, 2.24) is 10.2 Å². The highest BCUT2D eigenvalue weighted by atomic mass is 32.2. The topological polar surface area (TPSA) is 49.4 Å². The number of benzene rings is 2. The minimum Gasteiger partial charge on any atom is -0.352 e. The van der Waals surface area contributed by atoms with Gasteiger partial charge in [0.15, 0.2) is 0 Å². The summed E-state index contributed by atoms with van der Waals surface area (Å²) in [5.74, 6) is 0.982. The molecular weight excluding hydrogens is 380 g/mol. The zero-order valence-corrected chi connectivity index (χ0v) is 18.9. The van der Waals surface area contributed by atoms with E-state index in [-0.39, 0.29) is 17.9 Å². The Balaban J connectivity index is 2.06. The Kier molecular flexibility index (Phi) is 8.77. The summed E-state index contributed by atoms with van der Waals surface area (Å²) in [6.07, 6.45) is 0. The van der Waals surface area contributed by atoms with Gasteiger partial charge in [-0.25, -0.2) is 0 Å². The van der Waals surface area contributed by atoms with Crippen LogP contribution in [0.25, 0.3) is 0 Å². The van der Waals surface area contributed by atoms with Gasteiger partial charge in [-0.3, -0.25) is 9.59 Å². The maximum absolute atomic E-state index is 13.0. The van der Waals surface area contributed by atoms with Crippen molar-refractivity contribution in [2.45, 2.75) is 59.0 Å². The summed E-state index contributed by atoms with van der Waals surface area (Å²) < 4.78 is 0. The molecule has 1 unspecified atom stereocenters. The first-order chi connectivity index (χ1) is 13.8. The van der Waals surface area contributed by atoms with Crippen LogP contribution in [0.3, 0.4) is 0 Å². The van der Waals surface area contributed by atoms with Gasteiger partial charge in [-0.05, 0) is 45.7 Å². The molecular formula is C24H32N2O2S. The second kappa shape index (κ2) is 11.1. The molecule has 0 spiro atoms. The Morgan fingerprint density at radius 1 is 0.966 bits per heavy atom. The van der Waals surface area contributed by atoms with Crippen molar-refractivity contribution < 1.29 is 9.59 Å². The summed E-state index contributed by atoms with van der Waals surface area (Å²) in [5, 5.41) is 2.92. The highest BCUT2D eigenvalue weighted by Crippen LogP contribution is 2.17. The van der Waals surface area contributed by atoms with E-state index in [0.717, 1.165) is 11.3 Å². The lowest BCUT2D eigenvalue weighted by molar-refractivity contribution is -0.138. The number of hydrogen-bond acceptors (Lipinski definition) is 3. The van der Waals surface area contributed by atoms with Crippen molar-refractivity contribution in [2.75, 3.05) is 5.75 Å². The number of carbonyl (C=O) groups excluding carboxylic acids is 2. The first-order valence-electron chi connectivity index (χ1n) is 10.0. The number of carbonyl (C=O) groups is 2. The van der Waals surface area contributed by atoms with Crippen molar-refractivity contribution in [3.63, 3.8) is 0 Å². The Morgan fingerprint density at radius 3 is 2.28 bits per heavy atom. The Labute approximate surface area is 179 Å². The fourth-order valence-electron chi connectivity index (χ4n) is 3.02. The van der Waals surface area contributed by atoms with Gasteiger partial charge >= 0.3 is 0 Å². The van der Waals surface area contributed by atoms with Crippen LogP contribution in [0.15, 0.2) is 48.5 Å². The molecule has 0 aliphatic rings. The highest BCUT2D eigenvalue weighted by Gasteiger charge is 2.26. The van der Waals surface area contributed by atoms with E-state index in [1.165, 1.54) is 16.7 Å². The van der Waals surface area contributed by atoms with Crippen molar-refractivity contribution in [2.24, 2.45) is 0 Å². The maximum atomic E-state index is 13.0. The van der Waals surface area contributed by atoms with Crippen LogP contribution in [-0.2, 0) is 21.9 Å². The summed E-state index contributed by atoms with van der Waals surface area (Å²) in [6.45, 7) is 10.2. The number of nitrogens with one attached hydrogen (secondary N) is 1. The van der Waals surface area contributed by atoms with Gasteiger partial charge in [-0.2, -0.15) is 0 Å². The van der Waals surface area contributed by atoms with Crippen LogP contribution < -0.4 is 5.32 Å². The lowest BCUT2D eigenvalue weighted by atomic mass is 10.1. The SMILES string of the molecule is Cc1ccc(CN(C(=O)CSCc2cccc(C)c2)C(C)C(=O)NC(C)C)cc1. The Bertz CT molecular complexity index is 818. The van der Waals surface area contributed by atoms with E-state index in [1.54, 1.807) is 23.6 Å². The third-order valence-electron chi connectivity index (χ3n) is 4.65. The molecule has 1 N–H and O–H groups in total. The highest BCUT2D eigenvalue weighted by molar-refractivity contribution is 7.99. The Morgan fingerprint density at radius 2 is 1.66 bits per heavy atom. The second-order valence-electron chi connectivity index (χ2n) is 7.83. The average molecular weight is 413 g/mol. The largest absolute Gasteiger partial charge is 0.352 e. The molecule has 0 saturated heterocycles. The van der Waals surface area contributed by atoms with Crippen molar-refractivity contribution in [3.8, 4) is 0 Å². The normalized spacial score (nSPS) is 11.9. The molecule has 0 bridgehead atoms. The standard InChI is InChI=1S/C24H32N2O2S/c1-17(2)25-24(28)20(5)26(14-21-11-9-18(3)10-12-21)23(27)16-29-15-22-8-6-7-19(4)13-22/h6-13,17,20H,14-16H2,1-5H3,(H,25,28). The number of amides is 2. The molecule has 0 aromatic heterocycles.